The van der Waals surface area contributed by atoms with Crippen LogP contribution in [0.3, 0.4) is 0 Å². The molecule has 2 aromatic rings. The number of fused-ring (bicyclic) bond motifs is 2. The number of hydrogen-bond donors (Lipinski definition) is 2. The molecule has 1 amide bonds. The third-order valence-electron chi connectivity index (χ3n) is 4.08. The fourth-order valence-corrected chi connectivity index (χ4v) is 3.13. The van der Waals surface area contributed by atoms with Gasteiger partial charge in [0, 0.05) is 6.20 Å². The molecular weight excluding hydrogens is 329 g/mol. The number of aliphatic hydroxyl groups excluding tert-OH is 1. The van der Waals surface area contributed by atoms with E-state index in [0.717, 1.165) is 4.40 Å². The summed E-state index contributed by atoms with van der Waals surface area (Å²) in [6, 6.07) is 2.62. The first-order valence-corrected chi connectivity index (χ1v) is 7.47. The first kappa shape index (κ1) is 14.8. The van der Waals surface area contributed by atoms with Gasteiger partial charge in [0.15, 0.2) is 5.69 Å². The van der Waals surface area contributed by atoms with Crippen molar-refractivity contribution in [1.82, 2.24) is 14.7 Å². The van der Waals surface area contributed by atoms with E-state index in [4.69, 9.17) is 21.1 Å². The van der Waals surface area contributed by atoms with Crippen molar-refractivity contribution in [2.75, 3.05) is 13.2 Å². The highest BCUT2D eigenvalue weighted by atomic mass is 35.5. The van der Waals surface area contributed by atoms with Gasteiger partial charge in [-0.1, -0.05) is 11.6 Å². The molecule has 7 nitrogen and oxygen atoms in total. The Hall–Kier alpha value is -1.74. The lowest BCUT2D eigenvalue weighted by atomic mass is 10.1. The fraction of sp³-hybridized carbons (Fsp3) is 0.429. The zero-order chi connectivity index (χ0) is 16.1. The lowest BCUT2D eigenvalue weighted by molar-refractivity contribution is 0.0178. The molecule has 0 radical (unpaired) electrons. The Morgan fingerprint density at radius 2 is 2.17 bits per heavy atom. The van der Waals surface area contributed by atoms with Gasteiger partial charge in [-0.05, 0) is 12.1 Å². The fourth-order valence-electron chi connectivity index (χ4n) is 2.97. The summed E-state index contributed by atoms with van der Waals surface area (Å²) in [6.45, 7) is 0.349. The molecular formula is C14H13ClFN3O4. The second-order valence-corrected chi connectivity index (χ2v) is 6.01. The quantitative estimate of drug-likeness (QED) is 0.825. The summed E-state index contributed by atoms with van der Waals surface area (Å²) >= 11 is 5.82. The average molecular weight is 342 g/mol. The molecule has 0 saturated carbocycles. The van der Waals surface area contributed by atoms with Gasteiger partial charge >= 0.3 is 0 Å². The van der Waals surface area contributed by atoms with Gasteiger partial charge in [-0.2, -0.15) is 4.39 Å². The summed E-state index contributed by atoms with van der Waals surface area (Å²) in [4.78, 5) is 16.3. The van der Waals surface area contributed by atoms with Crippen molar-refractivity contribution in [2.45, 2.75) is 24.4 Å². The van der Waals surface area contributed by atoms with Gasteiger partial charge < -0.3 is 19.9 Å². The van der Waals surface area contributed by atoms with Gasteiger partial charge in [-0.25, -0.2) is 4.98 Å². The summed E-state index contributed by atoms with van der Waals surface area (Å²) < 4.78 is 26.3. The number of aromatic nitrogens is 2. The minimum atomic E-state index is -0.789. The van der Waals surface area contributed by atoms with Crippen LogP contribution in [0.4, 0.5) is 4.39 Å². The molecule has 0 unspecified atom stereocenters. The van der Waals surface area contributed by atoms with Crippen LogP contribution in [0.25, 0.3) is 5.65 Å². The molecule has 23 heavy (non-hydrogen) atoms. The Balaban J connectivity index is 1.57. The van der Waals surface area contributed by atoms with E-state index in [1.54, 1.807) is 6.07 Å². The molecule has 2 saturated heterocycles. The highest BCUT2D eigenvalue weighted by Crippen LogP contribution is 2.27. The van der Waals surface area contributed by atoms with Crippen LogP contribution in [0.1, 0.15) is 10.5 Å². The second kappa shape index (κ2) is 5.41. The number of amides is 1. The van der Waals surface area contributed by atoms with Crippen LogP contribution < -0.4 is 5.32 Å². The number of imidazole rings is 1. The van der Waals surface area contributed by atoms with Crippen LogP contribution >= 0.6 is 11.6 Å². The summed E-state index contributed by atoms with van der Waals surface area (Å²) in [5.41, 5.74) is -0.0422. The number of nitrogens with zero attached hydrogens (tertiary/aromatic N) is 2. The van der Waals surface area contributed by atoms with E-state index in [1.807, 2.05) is 0 Å². The monoisotopic (exact) mass is 341 g/mol. The van der Waals surface area contributed by atoms with E-state index < -0.39 is 36.2 Å². The summed E-state index contributed by atoms with van der Waals surface area (Å²) in [6.07, 6.45) is -0.272. The Kier molecular flexibility index (Phi) is 3.49. The van der Waals surface area contributed by atoms with E-state index in [-0.39, 0.29) is 24.6 Å². The molecule has 2 aromatic heterocycles. The molecule has 2 N–H and O–H groups in total. The molecule has 0 spiro atoms. The van der Waals surface area contributed by atoms with Gasteiger partial charge in [0.05, 0.1) is 24.3 Å². The van der Waals surface area contributed by atoms with E-state index in [2.05, 4.69) is 10.3 Å². The van der Waals surface area contributed by atoms with Crippen LogP contribution in [0.5, 0.6) is 0 Å². The maximum absolute atomic E-state index is 14.3. The van der Waals surface area contributed by atoms with Crippen molar-refractivity contribution < 1.29 is 23.8 Å². The van der Waals surface area contributed by atoms with Crippen molar-refractivity contribution in [1.29, 1.82) is 0 Å². The van der Waals surface area contributed by atoms with Crippen LogP contribution in [-0.2, 0) is 9.47 Å². The maximum Gasteiger partial charge on any atom is 0.275 e. The van der Waals surface area contributed by atoms with Crippen LogP contribution in [0.2, 0.25) is 5.02 Å². The summed E-state index contributed by atoms with van der Waals surface area (Å²) in [5, 5.41) is 12.7. The van der Waals surface area contributed by atoms with Crippen LogP contribution in [-0.4, -0.2) is 58.0 Å². The van der Waals surface area contributed by atoms with Gasteiger partial charge in [0.2, 0.25) is 5.95 Å². The standard InChI is InChI=1S/C14H13ClFN3O4/c15-6-1-2-9-18-10(13(16)19(9)3-6)14(21)17-7-4-22-12-8(20)5-23-11(7)12/h1-3,7-8,11-12,20H,4-5H2,(H,17,21)/t7-,8-,11-,12-/m1/s1. The van der Waals surface area contributed by atoms with E-state index in [9.17, 15) is 14.3 Å². The third kappa shape index (κ3) is 2.38. The second-order valence-electron chi connectivity index (χ2n) is 5.57. The number of nitrogens with one attached hydrogen (secondary N) is 1. The predicted octanol–water partition coefficient (Wildman–Crippen LogP) is 0.384. The van der Waals surface area contributed by atoms with Crippen molar-refractivity contribution in [3.63, 3.8) is 0 Å². The SMILES string of the molecule is O=C(N[C@@H]1CO[C@H]2[C@@H]1OC[C@H]2O)c1nc2ccc(Cl)cn2c1F. The highest BCUT2D eigenvalue weighted by Gasteiger charge is 2.47. The minimum Gasteiger partial charge on any atom is -0.388 e. The Morgan fingerprint density at radius 3 is 3.00 bits per heavy atom. The first-order chi connectivity index (χ1) is 11.0. The molecule has 0 aromatic carbocycles. The highest BCUT2D eigenvalue weighted by molar-refractivity contribution is 6.30. The third-order valence-corrected chi connectivity index (χ3v) is 4.31. The number of halogens is 2. The molecule has 9 heteroatoms. The lowest BCUT2D eigenvalue weighted by Crippen LogP contribution is -2.44. The summed E-state index contributed by atoms with van der Waals surface area (Å²) in [7, 11) is 0. The Labute approximate surface area is 135 Å². The molecule has 4 atom stereocenters. The molecule has 122 valence electrons. The number of carbonyl (C=O) groups excluding carboxylic acids is 1. The van der Waals surface area contributed by atoms with Crippen LogP contribution in [0.15, 0.2) is 18.3 Å². The average Bonchev–Trinajstić information content (AvgIpc) is 3.17. The number of ether oxygens (including phenoxy) is 2. The van der Waals surface area contributed by atoms with Gasteiger partial charge in [-0.15, -0.1) is 0 Å². The molecule has 4 rings (SSSR count). The van der Waals surface area contributed by atoms with Gasteiger partial charge in [-0.3, -0.25) is 9.20 Å². The first-order valence-electron chi connectivity index (χ1n) is 7.10. The number of hydrogen-bond acceptors (Lipinski definition) is 5. The zero-order valence-corrected chi connectivity index (χ0v) is 12.5. The molecule has 0 bridgehead atoms. The minimum absolute atomic E-state index is 0.156. The van der Waals surface area contributed by atoms with Crippen LogP contribution in [0, 0.1) is 5.95 Å². The predicted molar refractivity (Wildman–Crippen MR) is 76.9 cm³/mol. The number of aliphatic hydroxyl groups is 1. The van der Waals surface area contributed by atoms with Crippen molar-refractivity contribution >= 4 is 23.2 Å². The van der Waals surface area contributed by atoms with Gasteiger partial charge in [0.25, 0.3) is 5.91 Å². The number of rotatable bonds is 2. The summed E-state index contributed by atoms with van der Waals surface area (Å²) in [5.74, 6) is -1.45. The molecule has 2 fully saturated rings. The van der Waals surface area contributed by atoms with E-state index in [0.29, 0.717) is 5.02 Å². The Morgan fingerprint density at radius 1 is 1.39 bits per heavy atom. The van der Waals surface area contributed by atoms with Crippen molar-refractivity contribution in [2.24, 2.45) is 0 Å². The van der Waals surface area contributed by atoms with E-state index in [1.165, 1.54) is 12.3 Å². The van der Waals surface area contributed by atoms with Gasteiger partial charge in [0.1, 0.15) is 24.0 Å². The molecule has 2 aliphatic rings. The number of carbonyl (C=O) groups is 1. The zero-order valence-electron chi connectivity index (χ0n) is 11.8. The number of pyridine rings is 1. The van der Waals surface area contributed by atoms with Crippen molar-refractivity contribution in [3.05, 3.63) is 35.0 Å². The largest absolute Gasteiger partial charge is 0.388 e. The van der Waals surface area contributed by atoms with Crippen molar-refractivity contribution in [3.8, 4) is 0 Å². The molecule has 2 aliphatic heterocycles. The van der Waals surface area contributed by atoms with E-state index >= 15 is 0 Å². The normalized spacial score (nSPS) is 29.9. The smallest absolute Gasteiger partial charge is 0.275 e. The Bertz CT molecular complexity index is 783. The lowest BCUT2D eigenvalue weighted by Gasteiger charge is -2.16. The molecule has 4 heterocycles. The maximum atomic E-state index is 14.3. The topological polar surface area (TPSA) is 85.1 Å². The molecule has 0 aliphatic carbocycles.